The lowest BCUT2D eigenvalue weighted by molar-refractivity contribution is -0.138. The fourth-order valence-electron chi connectivity index (χ4n) is 2.38. The van der Waals surface area contributed by atoms with Gasteiger partial charge < -0.3 is 15.2 Å². The largest absolute Gasteiger partial charge is 0.489 e. The lowest BCUT2D eigenvalue weighted by Gasteiger charge is -2.08. The van der Waals surface area contributed by atoms with Crippen LogP contribution < -0.4 is 10.1 Å². The van der Waals surface area contributed by atoms with Crippen LogP contribution in [0.15, 0.2) is 52.7 Å². The summed E-state index contributed by atoms with van der Waals surface area (Å²) in [4.78, 5) is 22.4. The van der Waals surface area contributed by atoms with Crippen LogP contribution in [0.4, 0.5) is 4.39 Å². The van der Waals surface area contributed by atoms with Gasteiger partial charge in [0.25, 0.3) is 0 Å². The van der Waals surface area contributed by atoms with Crippen LogP contribution in [-0.4, -0.2) is 33.6 Å². The number of aliphatic carboxylic acids is 1. The number of hydrogen-bond donors (Lipinski definition) is 2. The zero-order chi connectivity index (χ0) is 20.8. The maximum Gasteiger partial charge on any atom is 0.305 e. The first-order chi connectivity index (χ1) is 13.9. The Morgan fingerprint density at radius 2 is 2.17 bits per heavy atom. The molecule has 0 bridgehead atoms. The van der Waals surface area contributed by atoms with Crippen LogP contribution in [0, 0.1) is 5.82 Å². The van der Waals surface area contributed by atoms with Gasteiger partial charge in [0.05, 0.1) is 17.7 Å². The monoisotopic (exact) mass is 435 g/mol. The Balaban J connectivity index is 1.59. The minimum absolute atomic E-state index is 0.176. The van der Waals surface area contributed by atoms with Crippen LogP contribution in [0.25, 0.3) is 0 Å². The van der Waals surface area contributed by atoms with E-state index in [1.165, 1.54) is 18.3 Å². The SMILES string of the molecule is O=C(O)CC1SC(=NN=Cc2cccc(OCc3ccc(F)cc3Cl)c2)NC1=O. The first-order valence-corrected chi connectivity index (χ1v) is 9.63. The highest BCUT2D eigenvalue weighted by Gasteiger charge is 2.32. The molecule has 1 fully saturated rings. The van der Waals surface area contributed by atoms with Crippen molar-refractivity contribution in [2.24, 2.45) is 10.2 Å². The number of rotatable bonds is 7. The molecule has 2 N–H and O–H groups in total. The van der Waals surface area contributed by atoms with E-state index >= 15 is 0 Å². The van der Waals surface area contributed by atoms with Crippen LogP contribution >= 0.6 is 23.4 Å². The van der Waals surface area contributed by atoms with Gasteiger partial charge in [0.15, 0.2) is 5.17 Å². The molecule has 1 aliphatic heterocycles. The van der Waals surface area contributed by atoms with Crippen molar-refractivity contribution in [3.05, 3.63) is 64.4 Å². The molecule has 2 aromatic rings. The predicted octanol–water partition coefficient (Wildman–Crippen LogP) is 3.45. The van der Waals surface area contributed by atoms with Gasteiger partial charge in [0, 0.05) is 5.56 Å². The molecule has 1 saturated heterocycles. The maximum absolute atomic E-state index is 13.1. The molecule has 0 saturated carbocycles. The zero-order valence-electron chi connectivity index (χ0n) is 14.8. The lowest BCUT2D eigenvalue weighted by atomic mass is 10.2. The second-order valence-electron chi connectivity index (χ2n) is 5.94. The van der Waals surface area contributed by atoms with Crippen LogP contribution in [0.1, 0.15) is 17.5 Å². The van der Waals surface area contributed by atoms with Gasteiger partial charge in [-0.25, -0.2) is 4.39 Å². The Hall–Kier alpha value is -2.91. The number of halogens is 2. The van der Waals surface area contributed by atoms with E-state index < -0.39 is 22.9 Å². The first kappa shape index (κ1) is 20.8. The van der Waals surface area contributed by atoms with E-state index in [1.807, 2.05) is 0 Å². The number of ether oxygens (including phenoxy) is 1. The Morgan fingerprint density at radius 3 is 2.93 bits per heavy atom. The number of amides is 1. The third kappa shape index (κ3) is 6.03. The molecule has 7 nitrogen and oxygen atoms in total. The van der Waals surface area contributed by atoms with Crippen LogP contribution in [0.2, 0.25) is 5.02 Å². The molecule has 0 radical (unpaired) electrons. The van der Waals surface area contributed by atoms with E-state index in [0.29, 0.717) is 16.9 Å². The van der Waals surface area contributed by atoms with Crippen molar-refractivity contribution >= 4 is 46.6 Å². The number of amidine groups is 1. The Kier molecular flexibility index (Phi) is 6.84. The van der Waals surface area contributed by atoms with Crippen LogP contribution in [0.5, 0.6) is 5.75 Å². The minimum Gasteiger partial charge on any atom is -0.489 e. The second-order valence-corrected chi connectivity index (χ2v) is 7.54. The third-order valence-corrected chi connectivity index (χ3v) is 5.18. The third-order valence-electron chi connectivity index (χ3n) is 3.76. The average molecular weight is 436 g/mol. The van der Waals surface area contributed by atoms with E-state index in [0.717, 1.165) is 11.8 Å². The van der Waals surface area contributed by atoms with Crippen molar-refractivity contribution in [2.45, 2.75) is 18.3 Å². The molecule has 2 aromatic carbocycles. The van der Waals surface area contributed by atoms with Gasteiger partial charge in [-0.1, -0.05) is 41.6 Å². The summed E-state index contributed by atoms with van der Waals surface area (Å²) in [6.45, 7) is 0.176. The molecule has 0 aromatic heterocycles. The van der Waals surface area contributed by atoms with Crippen molar-refractivity contribution in [1.82, 2.24) is 5.32 Å². The van der Waals surface area contributed by atoms with Gasteiger partial charge in [0.2, 0.25) is 5.91 Å². The zero-order valence-corrected chi connectivity index (χ0v) is 16.4. The summed E-state index contributed by atoms with van der Waals surface area (Å²) in [5.74, 6) is -1.31. The molecule has 1 heterocycles. The van der Waals surface area contributed by atoms with Gasteiger partial charge >= 0.3 is 5.97 Å². The summed E-state index contributed by atoms with van der Waals surface area (Å²) in [6, 6.07) is 11.1. The molecule has 3 rings (SSSR count). The Bertz CT molecular complexity index is 999. The number of carbonyl (C=O) groups excluding carboxylic acids is 1. The predicted molar refractivity (Wildman–Crippen MR) is 109 cm³/mol. The number of nitrogens with one attached hydrogen (secondary N) is 1. The van der Waals surface area contributed by atoms with Gasteiger partial charge in [-0.15, -0.1) is 5.10 Å². The second kappa shape index (κ2) is 9.53. The maximum atomic E-state index is 13.1. The summed E-state index contributed by atoms with van der Waals surface area (Å²) >= 11 is 7.01. The molecular formula is C19H15ClFN3O4S. The minimum atomic E-state index is -1.05. The highest BCUT2D eigenvalue weighted by Crippen LogP contribution is 2.23. The van der Waals surface area contributed by atoms with E-state index in [9.17, 15) is 14.0 Å². The summed E-state index contributed by atoms with van der Waals surface area (Å²) in [5, 5.41) is 18.9. The van der Waals surface area contributed by atoms with E-state index in [2.05, 4.69) is 15.5 Å². The molecule has 10 heteroatoms. The molecule has 150 valence electrons. The number of benzene rings is 2. The Labute approximate surface area is 174 Å². The molecule has 0 spiro atoms. The van der Waals surface area contributed by atoms with Crippen molar-refractivity contribution < 1.29 is 23.8 Å². The first-order valence-electron chi connectivity index (χ1n) is 8.38. The number of hydrogen-bond acceptors (Lipinski definition) is 6. The highest BCUT2D eigenvalue weighted by atomic mass is 35.5. The molecule has 1 amide bonds. The van der Waals surface area contributed by atoms with Crippen molar-refractivity contribution in [3.63, 3.8) is 0 Å². The van der Waals surface area contributed by atoms with E-state index in [4.69, 9.17) is 21.4 Å². The van der Waals surface area contributed by atoms with Crippen molar-refractivity contribution in [3.8, 4) is 5.75 Å². The van der Waals surface area contributed by atoms with Crippen molar-refractivity contribution in [1.29, 1.82) is 0 Å². The molecule has 29 heavy (non-hydrogen) atoms. The fraction of sp³-hybridized carbons (Fsp3) is 0.158. The summed E-state index contributed by atoms with van der Waals surface area (Å²) in [6.07, 6.45) is 1.19. The standard InChI is InChI=1S/C19H15ClFN3O4S/c20-15-7-13(21)5-4-12(15)10-28-14-3-1-2-11(6-14)9-22-24-19-23-18(27)16(29-19)8-17(25)26/h1-7,9,16H,8,10H2,(H,25,26)(H,23,24,27). The molecule has 1 aliphatic rings. The summed E-state index contributed by atoms with van der Waals surface area (Å²) < 4.78 is 18.8. The highest BCUT2D eigenvalue weighted by molar-refractivity contribution is 8.15. The quantitative estimate of drug-likeness (QED) is 0.512. The van der Waals surface area contributed by atoms with Gasteiger partial charge in [-0.3, -0.25) is 9.59 Å². The van der Waals surface area contributed by atoms with Gasteiger partial charge in [-0.05, 0) is 29.8 Å². The Morgan fingerprint density at radius 1 is 1.34 bits per heavy atom. The van der Waals surface area contributed by atoms with E-state index in [1.54, 1.807) is 30.3 Å². The molecule has 0 aliphatic carbocycles. The van der Waals surface area contributed by atoms with Crippen LogP contribution in [-0.2, 0) is 16.2 Å². The molecule has 1 atom stereocenters. The van der Waals surface area contributed by atoms with Gasteiger partial charge in [0.1, 0.15) is 23.4 Å². The smallest absolute Gasteiger partial charge is 0.305 e. The fourth-order valence-corrected chi connectivity index (χ4v) is 3.51. The molecule has 1 unspecified atom stereocenters. The number of thioether (sulfide) groups is 1. The summed E-state index contributed by atoms with van der Waals surface area (Å²) in [5.41, 5.74) is 1.36. The van der Waals surface area contributed by atoms with E-state index in [-0.39, 0.29) is 23.2 Å². The van der Waals surface area contributed by atoms with Crippen LogP contribution in [0.3, 0.4) is 0 Å². The number of carboxylic acid groups (broad SMARTS) is 1. The topological polar surface area (TPSA) is 100 Å². The summed E-state index contributed by atoms with van der Waals surface area (Å²) in [7, 11) is 0. The molecular weight excluding hydrogens is 421 g/mol. The normalized spacial score (nSPS) is 17.7. The van der Waals surface area contributed by atoms with Crippen molar-refractivity contribution in [2.75, 3.05) is 0 Å². The number of carbonyl (C=O) groups is 2. The van der Waals surface area contributed by atoms with Gasteiger partial charge in [-0.2, -0.15) is 5.10 Å². The average Bonchev–Trinajstić information content (AvgIpc) is 3.00. The number of nitrogens with zero attached hydrogens (tertiary/aromatic N) is 2. The number of carboxylic acids is 1. The lowest BCUT2D eigenvalue weighted by Crippen LogP contribution is -2.26.